The quantitative estimate of drug-likeness (QED) is 0.501. The molecule has 0 aliphatic carbocycles. The Morgan fingerprint density at radius 3 is 2.35 bits per heavy atom. The molecule has 0 atom stereocenters. The Kier molecular flexibility index (Phi) is 5.56. The largest absolute Gasteiger partial charge is 0.321 e. The number of carbonyl (C=O) groups excluding carboxylic acids is 1. The summed E-state index contributed by atoms with van der Waals surface area (Å²) >= 11 is 0. The lowest BCUT2D eigenvalue weighted by Crippen LogP contribution is -2.16. The predicted octanol–water partition coefficient (Wildman–Crippen LogP) is 4.57. The van der Waals surface area contributed by atoms with Crippen molar-refractivity contribution in [2.24, 2.45) is 0 Å². The number of anilines is 1. The number of hydrogen-bond acceptors (Lipinski definition) is 1. The minimum absolute atomic E-state index is 0.156. The SMILES string of the molecule is C[Si](C)(C)C#Cc1ccccc1NC(=O)/C=C/c1ccccc1. The molecule has 0 saturated heterocycles. The standard InChI is InChI=1S/C20H21NOSi/c1-23(2,3)16-15-18-11-7-8-12-19(18)21-20(22)14-13-17-9-5-4-6-10-17/h4-14H,1-3H3,(H,21,22)/b14-13+. The molecular weight excluding hydrogens is 298 g/mol. The summed E-state index contributed by atoms with van der Waals surface area (Å²) < 4.78 is 0. The Morgan fingerprint density at radius 1 is 1.00 bits per heavy atom. The molecule has 2 rings (SSSR count). The maximum atomic E-state index is 12.1. The maximum absolute atomic E-state index is 12.1. The van der Waals surface area contributed by atoms with Gasteiger partial charge in [-0.1, -0.05) is 68.0 Å². The molecule has 1 amide bonds. The zero-order chi connectivity index (χ0) is 16.7. The first-order chi connectivity index (χ1) is 10.9. The first kappa shape index (κ1) is 16.8. The summed E-state index contributed by atoms with van der Waals surface area (Å²) in [6.07, 6.45) is 3.34. The number of para-hydroxylation sites is 1. The highest BCUT2D eigenvalue weighted by Gasteiger charge is 2.08. The van der Waals surface area contributed by atoms with Crippen LogP contribution in [0, 0.1) is 11.5 Å². The van der Waals surface area contributed by atoms with E-state index in [-0.39, 0.29) is 5.91 Å². The maximum Gasteiger partial charge on any atom is 0.248 e. The number of rotatable bonds is 3. The molecule has 0 aromatic heterocycles. The zero-order valence-corrected chi connectivity index (χ0v) is 14.8. The second-order valence-corrected chi connectivity index (χ2v) is 11.0. The van der Waals surface area contributed by atoms with Crippen LogP contribution in [0.25, 0.3) is 6.08 Å². The van der Waals surface area contributed by atoms with Gasteiger partial charge in [-0.3, -0.25) is 4.79 Å². The first-order valence-corrected chi connectivity index (χ1v) is 11.1. The first-order valence-electron chi connectivity index (χ1n) is 7.60. The van der Waals surface area contributed by atoms with E-state index < -0.39 is 8.07 Å². The summed E-state index contributed by atoms with van der Waals surface area (Å²) in [4.78, 5) is 12.1. The molecule has 0 heterocycles. The molecule has 2 aromatic rings. The molecule has 2 nitrogen and oxygen atoms in total. The molecule has 0 radical (unpaired) electrons. The van der Waals surface area contributed by atoms with Gasteiger partial charge >= 0.3 is 0 Å². The van der Waals surface area contributed by atoms with Crippen LogP contribution < -0.4 is 5.32 Å². The van der Waals surface area contributed by atoms with E-state index in [0.29, 0.717) is 0 Å². The van der Waals surface area contributed by atoms with Crippen molar-refractivity contribution in [3.63, 3.8) is 0 Å². The fourth-order valence-electron chi connectivity index (χ4n) is 1.87. The molecule has 3 heteroatoms. The highest BCUT2D eigenvalue weighted by atomic mass is 28.3. The molecular formula is C20H21NOSi. The van der Waals surface area contributed by atoms with E-state index in [1.54, 1.807) is 6.08 Å². The summed E-state index contributed by atoms with van der Waals surface area (Å²) in [6.45, 7) is 6.59. The predicted molar refractivity (Wildman–Crippen MR) is 101 cm³/mol. The Morgan fingerprint density at radius 2 is 1.65 bits per heavy atom. The number of nitrogens with one attached hydrogen (secondary N) is 1. The van der Waals surface area contributed by atoms with Crippen molar-refractivity contribution in [1.29, 1.82) is 0 Å². The second-order valence-electron chi connectivity index (χ2n) is 6.28. The van der Waals surface area contributed by atoms with E-state index in [2.05, 4.69) is 36.4 Å². The van der Waals surface area contributed by atoms with Gasteiger partial charge in [0.2, 0.25) is 5.91 Å². The van der Waals surface area contributed by atoms with Crippen LogP contribution in [0.5, 0.6) is 0 Å². The molecule has 2 aromatic carbocycles. The molecule has 0 unspecified atom stereocenters. The summed E-state index contributed by atoms with van der Waals surface area (Å²) in [6, 6.07) is 17.4. The van der Waals surface area contributed by atoms with E-state index in [1.165, 1.54) is 6.08 Å². The van der Waals surface area contributed by atoms with Gasteiger partial charge in [0.25, 0.3) is 0 Å². The van der Waals surface area contributed by atoms with Gasteiger partial charge in [-0.2, -0.15) is 0 Å². The van der Waals surface area contributed by atoms with E-state index in [1.807, 2.05) is 54.6 Å². The summed E-state index contributed by atoms with van der Waals surface area (Å²) in [5, 5.41) is 2.90. The van der Waals surface area contributed by atoms with Crippen molar-refractivity contribution in [2.75, 3.05) is 5.32 Å². The summed E-state index contributed by atoms with van der Waals surface area (Å²) in [7, 11) is -1.45. The topological polar surface area (TPSA) is 29.1 Å². The fourth-order valence-corrected chi connectivity index (χ4v) is 2.38. The highest BCUT2D eigenvalue weighted by Crippen LogP contribution is 2.14. The third kappa shape index (κ3) is 5.97. The van der Waals surface area contributed by atoms with Gasteiger partial charge in [0.05, 0.1) is 5.69 Å². The van der Waals surface area contributed by atoms with Crippen LogP contribution in [-0.2, 0) is 4.79 Å². The van der Waals surface area contributed by atoms with Gasteiger partial charge in [-0.25, -0.2) is 0 Å². The summed E-state index contributed by atoms with van der Waals surface area (Å²) in [5.41, 5.74) is 5.93. The summed E-state index contributed by atoms with van der Waals surface area (Å²) in [5.74, 6) is 3.05. The average molecular weight is 319 g/mol. The van der Waals surface area contributed by atoms with Crippen molar-refractivity contribution in [3.8, 4) is 11.5 Å². The monoisotopic (exact) mass is 319 g/mol. The molecule has 0 aliphatic rings. The van der Waals surface area contributed by atoms with Gasteiger partial charge < -0.3 is 5.32 Å². The molecule has 0 saturated carbocycles. The van der Waals surface area contributed by atoms with Gasteiger partial charge in [0, 0.05) is 11.6 Å². The number of benzene rings is 2. The number of amides is 1. The Bertz CT molecular complexity index is 761. The van der Waals surface area contributed by atoms with Crippen LogP contribution in [0.4, 0.5) is 5.69 Å². The van der Waals surface area contributed by atoms with E-state index in [0.717, 1.165) is 16.8 Å². The Hall–Kier alpha value is -2.57. The highest BCUT2D eigenvalue weighted by molar-refractivity contribution is 6.83. The lowest BCUT2D eigenvalue weighted by atomic mass is 10.2. The van der Waals surface area contributed by atoms with Gasteiger partial charge in [0.15, 0.2) is 0 Å². The number of hydrogen-bond donors (Lipinski definition) is 1. The number of carbonyl (C=O) groups is 1. The van der Waals surface area contributed by atoms with Crippen LogP contribution >= 0.6 is 0 Å². The van der Waals surface area contributed by atoms with Crippen LogP contribution in [0.1, 0.15) is 11.1 Å². The Labute approximate surface area is 139 Å². The molecule has 0 spiro atoms. The van der Waals surface area contributed by atoms with Gasteiger partial charge in [0.1, 0.15) is 8.07 Å². The average Bonchev–Trinajstić information content (AvgIpc) is 2.52. The Balaban J connectivity index is 2.12. The van der Waals surface area contributed by atoms with E-state index in [4.69, 9.17) is 0 Å². The second kappa shape index (κ2) is 7.62. The molecule has 23 heavy (non-hydrogen) atoms. The third-order valence-electron chi connectivity index (χ3n) is 2.98. The van der Waals surface area contributed by atoms with Gasteiger partial charge in [-0.15, -0.1) is 5.54 Å². The molecule has 0 bridgehead atoms. The minimum Gasteiger partial charge on any atom is -0.321 e. The fraction of sp³-hybridized carbons (Fsp3) is 0.150. The smallest absolute Gasteiger partial charge is 0.248 e. The van der Waals surface area contributed by atoms with Crippen molar-refractivity contribution >= 4 is 25.7 Å². The van der Waals surface area contributed by atoms with Crippen LogP contribution in [0.3, 0.4) is 0 Å². The van der Waals surface area contributed by atoms with Gasteiger partial charge in [-0.05, 0) is 23.8 Å². The normalized spacial score (nSPS) is 10.9. The minimum atomic E-state index is -1.45. The van der Waals surface area contributed by atoms with Crippen LogP contribution in [0.15, 0.2) is 60.7 Å². The van der Waals surface area contributed by atoms with Crippen molar-refractivity contribution in [1.82, 2.24) is 0 Å². The van der Waals surface area contributed by atoms with Crippen LogP contribution in [-0.4, -0.2) is 14.0 Å². The molecule has 0 fully saturated rings. The van der Waals surface area contributed by atoms with Crippen molar-refractivity contribution in [3.05, 3.63) is 71.8 Å². The zero-order valence-electron chi connectivity index (χ0n) is 13.8. The molecule has 0 aliphatic heterocycles. The molecule has 1 N–H and O–H groups in total. The lowest BCUT2D eigenvalue weighted by Gasteiger charge is -2.07. The molecule has 116 valence electrons. The van der Waals surface area contributed by atoms with Crippen molar-refractivity contribution in [2.45, 2.75) is 19.6 Å². The van der Waals surface area contributed by atoms with Crippen LogP contribution in [0.2, 0.25) is 19.6 Å². The lowest BCUT2D eigenvalue weighted by molar-refractivity contribution is -0.111. The van der Waals surface area contributed by atoms with E-state index in [9.17, 15) is 4.79 Å². The third-order valence-corrected chi connectivity index (χ3v) is 3.86. The van der Waals surface area contributed by atoms with Crippen molar-refractivity contribution < 1.29 is 4.79 Å². The van der Waals surface area contributed by atoms with E-state index >= 15 is 0 Å².